The zero-order valence-electron chi connectivity index (χ0n) is 17.5. The number of anilines is 1. The number of para-hydroxylation sites is 1. The van der Waals surface area contributed by atoms with Crippen molar-refractivity contribution in [1.82, 2.24) is 10.2 Å². The SMILES string of the molecule is COc1ccc(C(=O)N[C@H](CCSC)C(=O)N2CCN(c3ccccc3)CC2)cc1. The minimum atomic E-state index is -0.518. The molecular formula is C23H29N3O3S. The molecular weight excluding hydrogens is 398 g/mol. The number of carbonyl (C=O) groups excluding carboxylic acids is 2. The number of hydrogen-bond acceptors (Lipinski definition) is 5. The van der Waals surface area contributed by atoms with Gasteiger partial charge in [0.05, 0.1) is 7.11 Å². The predicted molar refractivity (Wildman–Crippen MR) is 122 cm³/mol. The molecule has 0 spiro atoms. The fourth-order valence-electron chi connectivity index (χ4n) is 3.52. The van der Waals surface area contributed by atoms with E-state index in [4.69, 9.17) is 4.74 Å². The van der Waals surface area contributed by atoms with Crippen molar-refractivity contribution >= 4 is 29.3 Å². The van der Waals surface area contributed by atoms with Crippen molar-refractivity contribution in [3.8, 4) is 5.75 Å². The second kappa shape index (κ2) is 10.9. The smallest absolute Gasteiger partial charge is 0.251 e. The molecule has 2 aromatic carbocycles. The summed E-state index contributed by atoms with van der Waals surface area (Å²) in [5.41, 5.74) is 1.70. The van der Waals surface area contributed by atoms with Crippen LogP contribution in [-0.2, 0) is 4.79 Å². The maximum Gasteiger partial charge on any atom is 0.251 e. The number of ether oxygens (including phenoxy) is 1. The molecule has 1 fully saturated rings. The Labute approximate surface area is 182 Å². The van der Waals surface area contributed by atoms with E-state index in [1.807, 2.05) is 29.4 Å². The van der Waals surface area contributed by atoms with Crippen LogP contribution in [0.15, 0.2) is 54.6 Å². The van der Waals surface area contributed by atoms with Gasteiger partial charge in [-0.05, 0) is 54.8 Å². The van der Waals surface area contributed by atoms with Gasteiger partial charge >= 0.3 is 0 Å². The molecule has 1 saturated heterocycles. The molecule has 0 aromatic heterocycles. The molecule has 1 heterocycles. The molecule has 0 aliphatic carbocycles. The Balaban J connectivity index is 1.61. The van der Waals surface area contributed by atoms with Crippen LogP contribution in [-0.4, -0.2) is 68.1 Å². The zero-order valence-corrected chi connectivity index (χ0v) is 18.4. The summed E-state index contributed by atoms with van der Waals surface area (Å²) in [5, 5.41) is 2.95. The molecule has 160 valence electrons. The minimum Gasteiger partial charge on any atom is -0.497 e. The third-order valence-electron chi connectivity index (χ3n) is 5.28. The lowest BCUT2D eigenvalue weighted by Crippen LogP contribution is -2.55. The normalized spacial score (nSPS) is 14.9. The van der Waals surface area contributed by atoms with Gasteiger partial charge < -0.3 is 19.9 Å². The molecule has 3 rings (SSSR count). The van der Waals surface area contributed by atoms with E-state index in [1.165, 1.54) is 5.69 Å². The summed E-state index contributed by atoms with van der Waals surface area (Å²) in [7, 11) is 1.59. The number of nitrogens with zero attached hydrogens (tertiary/aromatic N) is 2. The Hall–Kier alpha value is -2.67. The summed E-state index contributed by atoms with van der Waals surface area (Å²) in [6, 6.07) is 16.6. The van der Waals surface area contributed by atoms with Crippen LogP contribution in [0.2, 0.25) is 0 Å². The molecule has 7 heteroatoms. The first kappa shape index (κ1) is 22.0. The third kappa shape index (κ3) is 5.69. The van der Waals surface area contributed by atoms with Gasteiger partial charge in [-0.2, -0.15) is 11.8 Å². The maximum atomic E-state index is 13.2. The van der Waals surface area contributed by atoms with Crippen molar-refractivity contribution in [2.24, 2.45) is 0 Å². The van der Waals surface area contributed by atoms with Crippen LogP contribution < -0.4 is 15.0 Å². The van der Waals surface area contributed by atoms with Crippen LogP contribution in [0.3, 0.4) is 0 Å². The van der Waals surface area contributed by atoms with Crippen LogP contribution in [0.5, 0.6) is 5.75 Å². The highest BCUT2D eigenvalue weighted by molar-refractivity contribution is 7.98. The molecule has 0 unspecified atom stereocenters. The fourth-order valence-corrected chi connectivity index (χ4v) is 3.99. The molecule has 0 saturated carbocycles. The molecule has 6 nitrogen and oxygen atoms in total. The number of methoxy groups -OCH3 is 1. The van der Waals surface area contributed by atoms with Crippen LogP contribution >= 0.6 is 11.8 Å². The quantitative estimate of drug-likeness (QED) is 0.702. The number of amides is 2. The molecule has 1 aliphatic rings. The number of nitrogens with one attached hydrogen (secondary N) is 1. The van der Waals surface area contributed by atoms with E-state index in [2.05, 4.69) is 22.3 Å². The van der Waals surface area contributed by atoms with Crippen molar-refractivity contribution in [2.45, 2.75) is 12.5 Å². The first-order chi connectivity index (χ1) is 14.6. The van der Waals surface area contributed by atoms with Gasteiger partial charge in [-0.15, -0.1) is 0 Å². The van der Waals surface area contributed by atoms with Crippen LogP contribution in [0, 0.1) is 0 Å². The average Bonchev–Trinajstić information content (AvgIpc) is 2.82. The number of rotatable bonds is 8. The Morgan fingerprint density at radius 2 is 1.70 bits per heavy atom. The number of hydrogen-bond donors (Lipinski definition) is 1. The van der Waals surface area contributed by atoms with Gasteiger partial charge in [0.1, 0.15) is 11.8 Å². The average molecular weight is 428 g/mol. The lowest BCUT2D eigenvalue weighted by atomic mass is 10.1. The molecule has 1 N–H and O–H groups in total. The Morgan fingerprint density at radius 3 is 2.30 bits per heavy atom. The van der Waals surface area contributed by atoms with E-state index < -0.39 is 6.04 Å². The highest BCUT2D eigenvalue weighted by Crippen LogP contribution is 2.17. The highest BCUT2D eigenvalue weighted by atomic mass is 32.2. The van der Waals surface area contributed by atoms with Gasteiger partial charge in [0, 0.05) is 37.4 Å². The van der Waals surface area contributed by atoms with Crippen molar-refractivity contribution < 1.29 is 14.3 Å². The monoisotopic (exact) mass is 427 g/mol. The van der Waals surface area contributed by atoms with Crippen molar-refractivity contribution in [3.63, 3.8) is 0 Å². The van der Waals surface area contributed by atoms with Crippen LogP contribution in [0.1, 0.15) is 16.8 Å². The first-order valence-electron chi connectivity index (χ1n) is 10.1. The third-order valence-corrected chi connectivity index (χ3v) is 5.92. The Morgan fingerprint density at radius 1 is 1.03 bits per heavy atom. The van der Waals surface area contributed by atoms with Crippen LogP contribution in [0.25, 0.3) is 0 Å². The predicted octanol–water partition coefficient (Wildman–Crippen LogP) is 2.90. The molecule has 1 aliphatic heterocycles. The lowest BCUT2D eigenvalue weighted by Gasteiger charge is -2.37. The minimum absolute atomic E-state index is 0.00127. The number of piperazine rings is 1. The van der Waals surface area contributed by atoms with Gasteiger partial charge in [-0.3, -0.25) is 9.59 Å². The lowest BCUT2D eigenvalue weighted by molar-refractivity contribution is -0.133. The molecule has 2 aromatic rings. The maximum absolute atomic E-state index is 13.2. The number of thioether (sulfide) groups is 1. The Bertz CT molecular complexity index is 821. The molecule has 0 bridgehead atoms. The van der Waals surface area contributed by atoms with Gasteiger partial charge in [-0.1, -0.05) is 18.2 Å². The summed E-state index contributed by atoms with van der Waals surface area (Å²) in [6.07, 6.45) is 2.62. The zero-order chi connectivity index (χ0) is 21.3. The van der Waals surface area contributed by atoms with E-state index in [-0.39, 0.29) is 11.8 Å². The summed E-state index contributed by atoms with van der Waals surface area (Å²) in [4.78, 5) is 30.0. The van der Waals surface area contributed by atoms with E-state index in [0.29, 0.717) is 30.8 Å². The second-order valence-corrected chi connectivity index (χ2v) is 8.17. The first-order valence-corrected chi connectivity index (χ1v) is 11.5. The molecule has 30 heavy (non-hydrogen) atoms. The van der Waals surface area contributed by atoms with Crippen molar-refractivity contribution in [2.75, 3.05) is 50.2 Å². The largest absolute Gasteiger partial charge is 0.497 e. The summed E-state index contributed by atoms with van der Waals surface area (Å²) in [5.74, 6) is 1.26. The number of benzene rings is 2. The van der Waals surface area contributed by atoms with Gasteiger partial charge in [0.2, 0.25) is 5.91 Å². The summed E-state index contributed by atoms with van der Waals surface area (Å²) < 4.78 is 5.14. The summed E-state index contributed by atoms with van der Waals surface area (Å²) >= 11 is 1.67. The standard InChI is InChI=1S/C23H29N3O3S/c1-29-20-10-8-18(9-11-20)22(27)24-21(12-17-30-2)23(28)26-15-13-25(14-16-26)19-6-4-3-5-7-19/h3-11,21H,12-17H2,1-2H3,(H,24,27)/t21-/m1/s1. The van der Waals surface area contributed by atoms with Crippen molar-refractivity contribution in [1.29, 1.82) is 0 Å². The second-order valence-electron chi connectivity index (χ2n) is 7.18. The fraction of sp³-hybridized carbons (Fsp3) is 0.391. The van der Waals surface area contributed by atoms with Crippen molar-refractivity contribution in [3.05, 3.63) is 60.2 Å². The van der Waals surface area contributed by atoms with E-state index >= 15 is 0 Å². The molecule has 2 amide bonds. The van der Waals surface area contributed by atoms with Gasteiger partial charge in [0.15, 0.2) is 0 Å². The number of carbonyl (C=O) groups is 2. The van der Waals surface area contributed by atoms with Gasteiger partial charge in [-0.25, -0.2) is 0 Å². The Kier molecular flexibility index (Phi) is 8.02. The van der Waals surface area contributed by atoms with Crippen LogP contribution in [0.4, 0.5) is 5.69 Å². The molecule has 1 atom stereocenters. The summed E-state index contributed by atoms with van der Waals surface area (Å²) in [6.45, 7) is 2.89. The topological polar surface area (TPSA) is 61.9 Å². The van der Waals surface area contributed by atoms with Gasteiger partial charge in [0.25, 0.3) is 5.91 Å². The highest BCUT2D eigenvalue weighted by Gasteiger charge is 2.28. The van der Waals surface area contributed by atoms with E-state index in [9.17, 15) is 9.59 Å². The van der Waals surface area contributed by atoms with E-state index in [0.717, 1.165) is 18.8 Å². The molecule has 0 radical (unpaired) electrons. The van der Waals surface area contributed by atoms with E-state index in [1.54, 1.807) is 43.1 Å².